The van der Waals surface area contributed by atoms with Crippen molar-refractivity contribution in [3.63, 3.8) is 0 Å². The van der Waals surface area contributed by atoms with Gasteiger partial charge in [0.15, 0.2) is 0 Å². The number of nitrogens with zero attached hydrogens (tertiary/aromatic N) is 3. The predicted molar refractivity (Wildman–Crippen MR) is 118 cm³/mol. The van der Waals surface area contributed by atoms with E-state index in [1.807, 2.05) is 6.20 Å². The number of H-pyrrole nitrogens is 1. The Hall–Kier alpha value is -2.43. The van der Waals surface area contributed by atoms with Crippen molar-refractivity contribution in [2.24, 2.45) is 15.8 Å². The molecule has 1 N–H and O–H groups in total. The molecule has 0 spiro atoms. The van der Waals surface area contributed by atoms with Crippen LogP contribution < -0.4 is 0 Å². The summed E-state index contributed by atoms with van der Waals surface area (Å²) >= 11 is 0. The Labute approximate surface area is 172 Å². The summed E-state index contributed by atoms with van der Waals surface area (Å²) in [4.78, 5) is 13.9. The Morgan fingerprint density at radius 1 is 0.931 bits per heavy atom. The van der Waals surface area contributed by atoms with Gasteiger partial charge in [-0.15, -0.1) is 0 Å². The topological polar surface area (TPSA) is 34.6 Å². The molecule has 148 valence electrons. The van der Waals surface area contributed by atoms with Crippen molar-refractivity contribution >= 4 is 17.1 Å². The van der Waals surface area contributed by atoms with Crippen LogP contribution >= 0.6 is 0 Å². The van der Waals surface area contributed by atoms with Crippen molar-refractivity contribution < 1.29 is 0 Å². The van der Waals surface area contributed by atoms with Gasteiger partial charge in [-0.2, -0.15) is 0 Å². The Bertz CT molecular complexity index is 1040. The van der Waals surface area contributed by atoms with E-state index < -0.39 is 0 Å². The number of aromatic amines is 1. The van der Waals surface area contributed by atoms with Crippen LogP contribution in [0.1, 0.15) is 31.1 Å². The number of rotatable bonds is 3. The molecule has 1 aromatic heterocycles. The highest BCUT2D eigenvalue weighted by molar-refractivity contribution is 5.88. The molecule has 0 aliphatic carbocycles. The fraction of sp³-hybridized carbons (Fsp3) is 0.400. The van der Waals surface area contributed by atoms with Crippen LogP contribution in [0.2, 0.25) is 0 Å². The quantitative estimate of drug-likeness (QED) is 0.683. The number of hydrogen-bond donors (Lipinski definition) is 1. The van der Waals surface area contributed by atoms with E-state index in [-0.39, 0.29) is 10.8 Å². The van der Waals surface area contributed by atoms with Gasteiger partial charge in [0.05, 0.1) is 12.2 Å². The molecular formula is C25H28N4. The van der Waals surface area contributed by atoms with E-state index in [0.29, 0.717) is 12.2 Å². The fourth-order valence-electron chi connectivity index (χ4n) is 6.54. The van der Waals surface area contributed by atoms with Gasteiger partial charge < -0.3 is 4.98 Å². The summed E-state index contributed by atoms with van der Waals surface area (Å²) in [5, 5.41) is 1.25. The summed E-state index contributed by atoms with van der Waals surface area (Å²) in [6, 6.07) is 20.0. The minimum Gasteiger partial charge on any atom is -0.361 e. The highest BCUT2D eigenvalue weighted by Gasteiger charge is 2.62. The van der Waals surface area contributed by atoms with Crippen LogP contribution in [0.25, 0.3) is 10.9 Å². The van der Waals surface area contributed by atoms with Crippen molar-refractivity contribution in [3.8, 4) is 0 Å². The lowest BCUT2D eigenvalue weighted by Crippen LogP contribution is -2.76. The van der Waals surface area contributed by atoms with Crippen LogP contribution in [0, 0.1) is 10.8 Å². The molecule has 4 aliphatic rings. The van der Waals surface area contributed by atoms with Crippen LogP contribution in [-0.2, 0) is 0 Å². The average Bonchev–Trinajstić information content (AvgIpc) is 3.14. The first-order valence-corrected chi connectivity index (χ1v) is 10.7. The summed E-state index contributed by atoms with van der Waals surface area (Å²) in [6.45, 7) is 9.38. The average molecular weight is 385 g/mol. The molecule has 5 heterocycles. The molecule has 0 saturated carbocycles. The summed E-state index contributed by atoms with van der Waals surface area (Å²) in [5.41, 5.74) is 4.19. The van der Waals surface area contributed by atoms with Gasteiger partial charge in [-0.05, 0) is 28.6 Å². The highest BCUT2D eigenvalue weighted by Crippen LogP contribution is 2.55. The van der Waals surface area contributed by atoms with Crippen molar-refractivity contribution in [3.05, 3.63) is 71.9 Å². The molecule has 0 unspecified atom stereocenters. The van der Waals surface area contributed by atoms with E-state index in [9.17, 15) is 0 Å². The van der Waals surface area contributed by atoms with Gasteiger partial charge in [-0.25, -0.2) is 0 Å². The van der Waals surface area contributed by atoms with Crippen molar-refractivity contribution in [2.45, 2.75) is 26.1 Å². The normalized spacial score (nSPS) is 38.3. The van der Waals surface area contributed by atoms with Crippen LogP contribution in [0.5, 0.6) is 0 Å². The molecule has 4 aliphatic heterocycles. The number of aromatic nitrogens is 1. The smallest absolute Gasteiger partial charge is 0.0887 e. The molecule has 7 rings (SSSR count). The third-order valence-corrected chi connectivity index (χ3v) is 7.32. The molecule has 0 atom stereocenters. The summed E-state index contributed by atoms with van der Waals surface area (Å²) in [7, 11) is 0. The first-order valence-electron chi connectivity index (χ1n) is 10.7. The maximum Gasteiger partial charge on any atom is 0.0887 e. The Balaban J connectivity index is 1.31. The highest BCUT2D eigenvalue weighted by atomic mass is 15.4. The molecule has 4 heteroatoms. The van der Waals surface area contributed by atoms with Crippen molar-refractivity contribution in [1.29, 1.82) is 0 Å². The Morgan fingerprint density at radius 2 is 1.62 bits per heavy atom. The van der Waals surface area contributed by atoms with Gasteiger partial charge in [0.25, 0.3) is 0 Å². The Morgan fingerprint density at radius 3 is 2.31 bits per heavy atom. The van der Waals surface area contributed by atoms with Gasteiger partial charge in [-0.3, -0.25) is 14.8 Å². The maximum atomic E-state index is 5.23. The second-order valence-corrected chi connectivity index (χ2v) is 9.91. The number of benzene rings is 2. The first-order chi connectivity index (χ1) is 14.0. The van der Waals surface area contributed by atoms with E-state index in [1.54, 1.807) is 0 Å². The molecule has 4 bridgehead atoms. The number of piperidine rings is 2. The van der Waals surface area contributed by atoms with Crippen LogP contribution in [-0.4, -0.2) is 53.2 Å². The third kappa shape index (κ3) is 2.62. The largest absolute Gasteiger partial charge is 0.361 e. The van der Waals surface area contributed by atoms with E-state index in [0.717, 1.165) is 26.2 Å². The molecule has 4 nitrogen and oxygen atoms in total. The first kappa shape index (κ1) is 17.4. The molecule has 29 heavy (non-hydrogen) atoms. The lowest BCUT2D eigenvalue weighted by molar-refractivity contribution is -0.205. The van der Waals surface area contributed by atoms with Crippen LogP contribution in [0.4, 0.5) is 0 Å². The van der Waals surface area contributed by atoms with E-state index >= 15 is 0 Å². The maximum absolute atomic E-state index is 5.23. The molecular weight excluding hydrogens is 356 g/mol. The summed E-state index contributed by atoms with van der Waals surface area (Å²) < 4.78 is 0. The summed E-state index contributed by atoms with van der Waals surface area (Å²) in [6.07, 6.45) is 4.54. The van der Waals surface area contributed by atoms with E-state index in [4.69, 9.17) is 4.99 Å². The fourth-order valence-corrected chi connectivity index (χ4v) is 6.54. The molecule has 4 saturated heterocycles. The number of nitrogens with one attached hydrogen (secondary N) is 1. The zero-order chi connectivity index (χ0) is 19.6. The zero-order valence-electron chi connectivity index (χ0n) is 17.2. The van der Waals surface area contributed by atoms with Crippen molar-refractivity contribution in [2.75, 3.05) is 26.2 Å². The van der Waals surface area contributed by atoms with E-state index in [1.165, 1.54) is 22.0 Å². The number of hydrogen-bond acceptors (Lipinski definition) is 3. The van der Waals surface area contributed by atoms with Gasteiger partial charge in [0, 0.05) is 54.9 Å². The molecule has 0 radical (unpaired) electrons. The van der Waals surface area contributed by atoms with Gasteiger partial charge in [-0.1, -0.05) is 56.3 Å². The van der Waals surface area contributed by atoms with Crippen LogP contribution in [0.3, 0.4) is 0 Å². The molecule has 4 fully saturated rings. The minimum absolute atomic E-state index is 0.198. The lowest BCUT2D eigenvalue weighted by Gasteiger charge is -2.68. The van der Waals surface area contributed by atoms with E-state index in [2.05, 4.69) is 89.4 Å². The zero-order valence-corrected chi connectivity index (χ0v) is 17.2. The second kappa shape index (κ2) is 6.04. The molecule has 0 amide bonds. The van der Waals surface area contributed by atoms with Crippen LogP contribution in [0.15, 0.2) is 65.8 Å². The Kier molecular flexibility index (Phi) is 3.63. The monoisotopic (exact) mass is 384 g/mol. The number of fused-ring (bicyclic) bond motifs is 1. The standard InChI is InChI=1S/C25H28N4/c1-24-14-28-16-25(2,17-29(15-24)22(28)20-6-4-3-5-7-20)23(24)27-13-18-8-9-19-10-11-26-21(19)12-18/h3-13,22-23,26H,14-17H2,1-2H3. The second-order valence-electron chi connectivity index (χ2n) is 9.91. The molecule has 2 aromatic carbocycles. The predicted octanol–water partition coefficient (Wildman–Crippen LogP) is 4.31. The minimum atomic E-state index is 0.198. The van der Waals surface area contributed by atoms with Gasteiger partial charge >= 0.3 is 0 Å². The number of aliphatic imine (C=N–C) groups is 1. The van der Waals surface area contributed by atoms with Gasteiger partial charge in [0.2, 0.25) is 0 Å². The SMILES string of the molecule is CC12CN3CC(C)(CN(C1)C3c1ccccc1)C2N=Cc1ccc2cc[nH]c2c1. The van der Waals surface area contributed by atoms with Gasteiger partial charge in [0.1, 0.15) is 0 Å². The lowest BCUT2D eigenvalue weighted by atomic mass is 9.59. The van der Waals surface area contributed by atoms with Crippen molar-refractivity contribution in [1.82, 2.24) is 14.8 Å². The molecule has 3 aromatic rings. The summed E-state index contributed by atoms with van der Waals surface area (Å²) in [5.74, 6) is 0. The third-order valence-electron chi connectivity index (χ3n) is 7.32.